The third-order valence-electron chi connectivity index (χ3n) is 7.31. The van der Waals surface area contributed by atoms with E-state index in [1.54, 1.807) is 0 Å². The quantitative estimate of drug-likeness (QED) is 0.490. The summed E-state index contributed by atoms with van der Waals surface area (Å²) in [5.74, 6) is 2.79. The van der Waals surface area contributed by atoms with Gasteiger partial charge >= 0.3 is 0 Å². The van der Waals surface area contributed by atoms with E-state index in [1.165, 1.54) is 83.6 Å². The standard InChI is InChI=1S/C25H51N/c1-8-13-23-16-15-21(3)17-18-25(5,6)24(9-2)26(7)19-12-10-11-14-22(4)20-23/h21-24H,8-20H2,1-7H3. The van der Waals surface area contributed by atoms with Gasteiger partial charge < -0.3 is 4.90 Å². The van der Waals surface area contributed by atoms with Gasteiger partial charge in [0, 0.05) is 6.04 Å². The molecule has 0 radical (unpaired) electrons. The Labute approximate surface area is 166 Å². The first kappa shape index (κ1) is 24.0. The van der Waals surface area contributed by atoms with Gasteiger partial charge in [-0.25, -0.2) is 0 Å². The van der Waals surface area contributed by atoms with Crippen LogP contribution in [0, 0.1) is 23.2 Å². The Balaban J connectivity index is 2.74. The number of hydrogen-bond acceptors (Lipinski definition) is 1. The zero-order valence-electron chi connectivity index (χ0n) is 19.4. The van der Waals surface area contributed by atoms with Gasteiger partial charge in [0.15, 0.2) is 0 Å². The van der Waals surface area contributed by atoms with E-state index in [0.29, 0.717) is 5.41 Å². The van der Waals surface area contributed by atoms with Gasteiger partial charge in [-0.15, -0.1) is 0 Å². The molecule has 0 aliphatic carbocycles. The maximum absolute atomic E-state index is 2.68. The average Bonchev–Trinajstić information content (AvgIpc) is 2.57. The Bertz CT molecular complexity index is 348. The number of rotatable bonds is 3. The molecule has 1 aliphatic rings. The summed E-state index contributed by atoms with van der Waals surface area (Å²) in [7, 11) is 2.38. The highest BCUT2D eigenvalue weighted by molar-refractivity contribution is 4.85. The van der Waals surface area contributed by atoms with Crippen molar-refractivity contribution in [1.82, 2.24) is 4.90 Å². The molecular weight excluding hydrogens is 314 g/mol. The zero-order valence-corrected chi connectivity index (χ0v) is 19.4. The molecule has 0 saturated carbocycles. The van der Waals surface area contributed by atoms with Crippen molar-refractivity contribution in [3.63, 3.8) is 0 Å². The second-order valence-electron chi connectivity index (χ2n) is 10.5. The van der Waals surface area contributed by atoms with E-state index in [9.17, 15) is 0 Å². The molecule has 1 rings (SSSR count). The summed E-state index contributed by atoms with van der Waals surface area (Å²) >= 11 is 0. The minimum Gasteiger partial charge on any atom is -0.303 e. The van der Waals surface area contributed by atoms with E-state index < -0.39 is 0 Å². The van der Waals surface area contributed by atoms with Crippen molar-refractivity contribution < 1.29 is 0 Å². The summed E-state index contributed by atoms with van der Waals surface area (Å²) in [6.07, 6.45) is 17.0. The maximum atomic E-state index is 2.68. The molecule has 1 nitrogen and oxygen atoms in total. The minimum absolute atomic E-state index is 0.437. The van der Waals surface area contributed by atoms with Crippen LogP contribution in [0.1, 0.15) is 119 Å². The van der Waals surface area contributed by atoms with Gasteiger partial charge in [-0.2, -0.15) is 0 Å². The fourth-order valence-corrected chi connectivity index (χ4v) is 5.57. The molecule has 0 N–H and O–H groups in total. The van der Waals surface area contributed by atoms with Gasteiger partial charge in [-0.05, 0) is 62.4 Å². The van der Waals surface area contributed by atoms with Gasteiger partial charge in [0.1, 0.15) is 0 Å². The van der Waals surface area contributed by atoms with E-state index in [1.807, 2.05) is 0 Å². The minimum atomic E-state index is 0.437. The molecule has 0 aromatic heterocycles. The molecule has 4 unspecified atom stereocenters. The Kier molecular flexibility index (Phi) is 11.5. The van der Waals surface area contributed by atoms with Gasteiger partial charge in [-0.1, -0.05) is 92.9 Å². The molecule has 4 atom stereocenters. The third kappa shape index (κ3) is 8.77. The normalized spacial score (nSPS) is 33.8. The lowest BCUT2D eigenvalue weighted by Gasteiger charge is -2.41. The van der Waals surface area contributed by atoms with E-state index in [-0.39, 0.29) is 0 Å². The second kappa shape index (κ2) is 12.4. The Morgan fingerprint density at radius 1 is 0.885 bits per heavy atom. The molecule has 1 heteroatoms. The van der Waals surface area contributed by atoms with Crippen LogP contribution in [0.4, 0.5) is 0 Å². The van der Waals surface area contributed by atoms with Crippen LogP contribution in [0.15, 0.2) is 0 Å². The van der Waals surface area contributed by atoms with E-state index in [2.05, 4.69) is 53.5 Å². The topological polar surface area (TPSA) is 3.24 Å². The predicted molar refractivity (Wildman–Crippen MR) is 119 cm³/mol. The number of nitrogens with zero attached hydrogens (tertiary/aromatic N) is 1. The van der Waals surface area contributed by atoms with Crippen molar-refractivity contribution in [3.8, 4) is 0 Å². The lowest BCUT2D eigenvalue weighted by molar-refractivity contribution is 0.0905. The highest BCUT2D eigenvalue weighted by atomic mass is 15.1. The predicted octanol–water partition coefficient (Wildman–Crippen LogP) is 7.94. The fraction of sp³-hybridized carbons (Fsp3) is 1.00. The molecule has 1 aliphatic heterocycles. The second-order valence-corrected chi connectivity index (χ2v) is 10.5. The smallest absolute Gasteiger partial charge is 0.0141 e. The largest absolute Gasteiger partial charge is 0.303 e. The molecule has 1 saturated heterocycles. The highest BCUT2D eigenvalue weighted by Crippen LogP contribution is 2.35. The Morgan fingerprint density at radius 2 is 1.62 bits per heavy atom. The van der Waals surface area contributed by atoms with Gasteiger partial charge in [-0.3, -0.25) is 0 Å². The lowest BCUT2D eigenvalue weighted by atomic mass is 9.75. The summed E-state index contributed by atoms with van der Waals surface area (Å²) in [6.45, 7) is 16.1. The third-order valence-corrected chi connectivity index (χ3v) is 7.31. The summed E-state index contributed by atoms with van der Waals surface area (Å²) in [6, 6.07) is 0.731. The van der Waals surface area contributed by atoms with E-state index >= 15 is 0 Å². The van der Waals surface area contributed by atoms with E-state index in [0.717, 1.165) is 23.8 Å². The van der Waals surface area contributed by atoms with Crippen LogP contribution in [0.5, 0.6) is 0 Å². The SMILES string of the molecule is CCCC1CCC(C)CCC(C)(C)C(CC)N(C)CCCCCC(C)C1. The molecule has 1 fully saturated rings. The van der Waals surface area contributed by atoms with Gasteiger partial charge in [0.2, 0.25) is 0 Å². The zero-order chi connectivity index (χ0) is 19.6. The van der Waals surface area contributed by atoms with Crippen LogP contribution in [0.2, 0.25) is 0 Å². The molecule has 156 valence electrons. The lowest BCUT2D eigenvalue weighted by Crippen LogP contribution is -2.43. The molecule has 0 aromatic carbocycles. The summed E-state index contributed by atoms with van der Waals surface area (Å²) in [4.78, 5) is 2.68. The highest BCUT2D eigenvalue weighted by Gasteiger charge is 2.31. The average molecular weight is 366 g/mol. The molecular formula is C25H51N. The van der Waals surface area contributed by atoms with E-state index in [4.69, 9.17) is 0 Å². The van der Waals surface area contributed by atoms with Crippen LogP contribution < -0.4 is 0 Å². The molecule has 1 heterocycles. The van der Waals surface area contributed by atoms with Crippen molar-refractivity contribution in [2.75, 3.05) is 13.6 Å². The monoisotopic (exact) mass is 365 g/mol. The van der Waals surface area contributed by atoms with Crippen LogP contribution in [0.25, 0.3) is 0 Å². The van der Waals surface area contributed by atoms with Crippen LogP contribution in [-0.4, -0.2) is 24.5 Å². The molecule has 26 heavy (non-hydrogen) atoms. The summed E-state index contributed by atoms with van der Waals surface area (Å²) < 4.78 is 0. The van der Waals surface area contributed by atoms with Crippen molar-refractivity contribution >= 4 is 0 Å². The first-order valence-electron chi connectivity index (χ1n) is 12.0. The molecule has 0 bridgehead atoms. The number of hydrogen-bond donors (Lipinski definition) is 0. The molecule has 0 aromatic rings. The van der Waals surface area contributed by atoms with Crippen molar-refractivity contribution in [2.45, 2.75) is 125 Å². The van der Waals surface area contributed by atoms with Gasteiger partial charge in [0.05, 0.1) is 0 Å². The van der Waals surface area contributed by atoms with Crippen molar-refractivity contribution in [1.29, 1.82) is 0 Å². The molecule has 0 spiro atoms. The van der Waals surface area contributed by atoms with Crippen LogP contribution in [0.3, 0.4) is 0 Å². The fourth-order valence-electron chi connectivity index (χ4n) is 5.57. The summed E-state index contributed by atoms with van der Waals surface area (Å²) in [5, 5.41) is 0. The maximum Gasteiger partial charge on any atom is 0.0141 e. The summed E-state index contributed by atoms with van der Waals surface area (Å²) in [5.41, 5.74) is 0.437. The first-order valence-corrected chi connectivity index (χ1v) is 12.0. The first-order chi connectivity index (χ1) is 12.3. The molecule has 0 amide bonds. The van der Waals surface area contributed by atoms with Gasteiger partial charge in [0.25, 0.3) is 0 Å². The Morgan fingerprint density at radius 3 is 2.27 bits per heavy atom. The van der Waals surface area contributed by atoms with Crippen LogP contribution in [-0.2, 0) is 0 Å². The van der Waals surface area contributed by atoms with Crippen molar-refractivity contribution in [2.24, 2.45) is 23.2 Å². The van der Waals surface area contributed by atoms with Crippen molar-refractivity contribution in [3.05, 3.63) is 0 Å². The Hall–Kier alpha value is -0.0400. The van der Waals surface area contributed by atoms with Crippen LogP contribution >= 0.6 is 0 Å².